The van der Waals surface area contributed by atoms with Crippen LogP contribution in [0.3, 0.4) is 0 Å². The first-order valence-electron chi connectivity index (χ1n) is 5.51. The van der Waals surface area contributed by atoms with Gasteiger partial charge in [-0.3, -0.25) is 4.98 Å². The summed E-state index contributed by atoms with van der Waals surface area (Å²) in [5.74, 6) is 1.53. The van der Waals surface area contributed by atoms with Crippen LogP contribution in [0, 0.1) is 5.92 Å². The quantitative estimate of drug-likeness (QED) is 0.715. The Hall–Kier alpha value is -0.930. The molecule has 2 unspecified atom stereocenters. The van der Waals surface area contributed by atoms with Crippen LogP contribution in [-0.2, 0) is 4.74 Å². The average molecular weight is 206 g/mol. The fourth-order valence-electron chi connectivity index (χ4n) is 1.94. The fourth-order valence-corrected chi connectivity index (χ4v) is 1.94. The topological polar surface area (TPSA) is 34.1 Å². The molecule has 1 heterocycles. The molecule has 0 saturated heterocycles. The molecule has 15 heavy (non-hydrogen) atoms. The second-order valence-electron chi connectivity index (χ2n) is 4.09. The van der Waals surface area contributed by atoms with E-state index in [-0.39, 0.29) is 0 Å². The van der Waals surface area contributed by atoms with Crippen LogP contribution in [-0.4, -0.2) is 31.8 Å². The summed E-state index contributed by atoms with van der Waals surface area (Å²) in [6, 6.07) is 4.19. The Labute approximate surface area is 90.9 Å². The minimum absolute atomic E-state index is 0.730. The van der Waals surface area contributed by atoms with E-state index in [1.165, 1.54) is 12.0 Å². The predicted molar refractivity (Wildman–Crippen MR) is 59.8 cm³/mol. The number of rotatable bonds is 6. The second-order valence-corrected chi connectivity index (χ2v) is 4.09. The van der Waals surface area contributed by atoms with Gasteiger partial charge in [-0.25, -0.2) is 0 Å². The van der Waals surface area contributed by atoms with Gasteiger partial charge >= 0.3 is 0 Å². The normalized spacial score (nSPS) is 24.1. The highest BCUT2D eigenvalue weighted by Gasteiger charge is 2.37. The Bertz CT molecular complexity index is 289. The zero-order valence-corrected chi connectivity index (χ0v) is 9.15. The summed E-state index contributed by atoms with van der Waals surface area (Å²) in [6.45, 7) is 2.85. The van der Waals surface area contributed by atoms with Crippen molar-refractivity contribution in [2.75, 3.05) is 26.8 Å². The van der Waals surface area contributed by atoms with E-state index in [1.54, 1.807) is 7.11 Å². The van der Waals surface area contributed by atoms with Crippen molar-refractivity contribution in [3.05, 3.63) is 30.1 Å². The van der Waals surface area contributed by atoms with Crippen LogP contribution in [0.2, 0.25) is 0 Å². The van der Waals surface area contributed by atoms with Gasteiger partial charge in [-0.2, -0.15) is 0 Å². The molecule has 1 aromatic rings. The van der Waals surface area contributed by atoms with Crippen molar-refractivity contribution >= 4 is 0 Å². The molecule has 3 nitrogen and oxygen atoms in total. The van der Waals surface area contributed by atoms with Gasteiger partial charge < -0.3 is 10.1 Å². The number of pyridine rings is 1. The number of nitrogens with zero attached hydrogens (tertiary/aromatic N) is 1. The van der Waals surface area contributed by atoms with Gasteiger partial charge in [0, 0.05) is 26.0 Å². The third-order valence-electron chi connectivity index (χ3n) is 2.92. The molecule has 1 aromatic heterocycles. The van der Waals surface area contributed by atoms with E-state index in [9.17, 15) is 0 Å². The summed E-state index contributed by atoms with van der Waals surface area (Å²) >= 11 is 0. The SMILES string of the molecule is COCCNCC1CC1c1cccnc1. The summed E-state index contributed by atoms with van der Waals surface area (Å²) in [7, 11) is 1.73. The maximum absolute atomic E-state index is 4.98. The van der Waals surface area contributed by atoms with Gasteiger partial charge in [-0.15, -0.1) is 0 Å². The van der Waals surface area contributed by atoms with Gasteiger partial charge in [0.1, 0.15) is 0 Å². The number of methoxy groups -OCH3 is 1. The molecule has 82 valence electrons. The molecule has 0 aliphatic heterocycles. The molecule has 0 spiro atoms. The molecule has 0 bridgehead atoms. The van der Waals surface area contributed by atoms with Gasteiger partial charge in [0.05, 0.1) is 6.61 Å². The van der Waals surface area contributed by atoms with Crippen LogP contribution in [0.25, 0.3) is 0 Å². The molecule has 1 saturated carbocycles. The van der Waals surface area contributed by atoms with Gasteiger partial charge in [0.15, 0.2) is 0 Å². The first-order valence-corrected chi connectivity index (χ1v) is 5.51. The highest BCUT2D eigenvalue weighted by atomic mass is 16.5. The Balaban J connectivity index is 1.68. The van der Waals surface area contributed by atoms with Gasteiger partial charge in [-0.1, -0.05) is 6.07 Å². The van der Waals surface area contributed by atoms with Gasteiger partial charge in [0.2, 0.25) is 0 Å². The van der Waals surface area contributed by atoms with E-state index in [1.807, 2.05) is 18.5 Å². The van der Waals surface area contributed by atoms with Crippen molar-refractivity contribution in [3.8, 4) is 0 Å². The molecule has 2 atom stereocenters. The lowest BCUT2D eigenvalue weighted by Gasteiger charge is -2.03. The van der Waals surface area contributed by atoms with Crippen LogP contribution >= 0.6 is 0 Å². The number of hydrogen-bond donors (Lipinski definition) is 1. The minimum atomic E-state index is 0.730. The highest BCUT2D eigenvalue weighted by molar-refractivity contribution is 5.22. The molecular weight excluding hydrogens is 188 g/mol. The number of aromatic nitrogens is 1. The van der Waals surface area contributed by atoms with Crippen LogP contribution in [0.15, 0.2) is 24.5 Å². The molecule has 2 rings (SSSR count). The summed E-state index contributed by atoms with van der Waals surface area (Å²) < 4.78 is 4.98. The number of hydrogen-bond acceptors (Lipinski definition) is 3. The third kappa shape index (κ3) is 3.01. The molecule has 0 radical (unpaired) electrons. The monoisotopic (exact) mass is 206 g/mol. The maximum atomic E-state index is 4.98. The molecule has 1 aliphatic rings. The van der Waals surface area contributed by atoms with Gasteiger partial charge in [-0.05, 0) is 36.4 Å². The Kier molecular flexibility index (Phi) is 3.69. The van der Waals surface area contributed by atoms with Crippen molar-refractivity contribution in [1.29, 1.82) is 0 Å². The van der Waals surface area contributed by atoms with E-state index in [0.717, 1.165) is 31.5 Å². The number of ether oxygens (including phenoxy) is 1. The van der Waals surface area contributed by atoms with Crippen molar-refractivity contribution in [2.45, 2.75) is 12.3 Å². The highest BCUT2D eigenvalue weighted by Crippen LogP contribution is 2.46. The predicted octanol–water partition coefficient (Wildman–Crippen LogP) is 1.42. The lowest BCUT2D eigenvalue weighted by molar-refractivity contribution is 0.199. The molecule has 1 fully saturated rings. The molecule has 1 aliphatic carbocycles. The molecule has 3 heteroatoms. The largest absolute Gasteiger partial charge is 0.383 e. The van der Waals surface area contributed by atoms with Gasteiger partial charge in [0.25, 0.3) is 0 Å². The summed E-state index contributed by atoms with van der Waals surface area (Å²) in [5.41, 5.74) is 1.39. The fraction of sp³-hybridized carbons (Fsp3) is 0.583. The summed E-state index contributed by atoms with van der Waals surface area (Å²) in [6.07, 6.45) is 5.11. The van der Waals surface area contributed by atoms with E-state index in [2.05, 4.69) is 16.4 Å². The first kappa shape index (κ1) is 10.6. The second kappa shape index (κ2) is 5.24. The van der Waals surface area contributed by atoms with E-state index in [0.29, 0.717) is 0 Å². The van der Waals surface area contributed by atoms with Crippen molar-refractivity contribution in [3.63, 3.8) is 0 Å². The van der Waals surface area contributed by atoms with E-state index < -0.39 is 0 Å². The van der Waals surface area contributed by atoms with E-state index >= 15 is 0 Å². The Morgan fingerprint density at radius 1 is 1.60 bits per heavy atom. The van der Waals surface area contributed by atoms with Crippen LogP contribution < -0.4 is 5.32 Å². The van der Waals surface area contributed by atoms with Crippen LogP contribution in [0.5, 0.6) is 0 Å². The molecule has 0 aromatic carbocycles. The summed E-state index contributed by atoms with van der Waals surface area (Å²) in [5, 5.41) is 3.40. The molecule has 1 N–H and O–H groups in total. The first-order chi connectivity index (χ1) is 7.42. The zero-order chi connectivity index (χ0) is 10.5. The van der Waals surface area contributed by atoms with E-state index in [4.69, 9.17) is 4.74 Å². The Morgan fingerprint density at radius 2 is 2.53 bits per heavy atom. The maximum Gasteiger partial charge on any atom is 0.0587 e. The lowest BCUT2D eigenvalue weighted by Crippen LogP contribution is -2.21. The smallest absolute Gasteiger partial charge is 0.0587 e. The number of nitrogens with one attached hydrogen (secondary N) is 1. The zero-order valence-electron chi connectivity index (χ0n) is 9.15. The minimum Gasteiger partial charge on any atom is -0.383 e. The van der Waals surface area contributed by atoms with Crippen LogP contribution in [0.4, 0.5) is 0 Å². The Morgan fingerprint density at radius 3 is 3.27 bits per heavy atom. The van der Waals surface area contributed by atoms with Crippen molar-refractivity contribution < 1.29 is 4.74 Å². The third-order valence-corrected chi connectivity index (χ3v) is 2.92. The molecular formula is C12H18N2O. The average Bonchev–Trinajstić information content (AvgIpc) is 3.05. The summed E-state index contributed by atoms with van der Waals surface area (Å²) in [4.78, 5) is 4.15. The van der Waals surface area contributed by atoms with Crippen molar-refractivity contribution in [1.82, 2.24) is 10.3 Å². The van der Waals surface area contributed by atoms with Crippen molar-refractivity contribution in [2.24, 2.45) is 5.92 Å². The van der Waals surface area contributed by atoms with Crippen LogP contribution in [0.1, 0.15) is 17.9 Å². The molecule has 0 amide bonds. The lowest BCUT2D eigenvalue weighted by atomic mass is 10.1. The standard InChI is InChI=1S/C12H18N2O/c1-15-6-5-14-9-11-7-12(11)10-3-2-4-13-8-10/h2-4,8,11-12,14H,5-7,9H2,1H3.